The number of anilines is 1. The monoisotopic (exact) mass is 320 g/mol. The van der Waals surface area contributed by atoms with E-state index in [1.54, 1.807) is 24.3 Å². The average Bonchev–Trinajstić information content (AvgIpc) is 2.50. The molecule has 0 bridgehead atoms. The van der Waals surface area contributed by atoms with Crippen LogP contribution in [-0.4, -0.2) is 28.9 Å². The van der Waals surface area contributed by atoms with Crippen LogP contribution in [-0.2, 0) is 9.59 Å². The summed E-state index contributed by atoms with van der Waals surface area (Å²) in [4.78, 5) is 34.3. The molecule has 0 heterocycles. The van der Waals surface area contributed by atoms with Gasteiger partial charge in [0.25, 0.3) is 5.91 Å². The van der Waals surface area contributed by atoms with Crippen LogP contribution in [0.2, 0.25) is 0 Å². The Morgan fingerprint density at radius 2 is 1.74 bits per heavy atom. The molecule has 23 heavy (non-hydrogen) atoms. The van der Waals surface area contributed by atoms with Crippen LogP contribution in [0, 0.1) is 0 Å². The Hall–Kier alpha value is -2.37. The van der Waals surface area contributed by atoms with Crippen molar-refractivity contribution in [1.29, 1.82) is 0 Å². The molecule has 126 valence electrons. The van der Waals surface area contributed by atoms with Crippen molar-refractivity contribution in [2.45, 2.75) is 52.0 Å². The van der Waals surface area contributed by atoms with E-state index >= 15 is 0 Å². The van der Waals surface area contributed by atoms with Crippen LogP contribution in [0.3, 0.4) is 0 Å². The lowest BCUT2D eigenvalue weighted by Gasteiger charge is -2.14. The van der Waals surface area contributed by atoms with Crippen molar-refractivity contribution in [2.24, 2.45) is 0 Å². The van der Waals surface area contributed by atoms with E-state index in [4.69, 9.17) is 0 Å². The number of carbonyl (C=O) groups excluding carboxylic acids is 2. The molecule has 1 atom stereocenters. The number of rotatable bonds is 9. The van der Waals surface area contributed by atoms with Gasteiger partial charge in [-0.2, -0.15) is 0 Å². The topological polar surface area (TPSA) is 95.5 Å². The highest BCUT2D eigenvalue weighted by molar-refractivity contribution is 5.97. The summed E-state index contributed by atoms with van der Waals surface area (Å²) in [5, 5.41) is 14.4. The SMILES string of the molecule is CCCCCC[C@@H](NC(=O)c1ccc(NC(C)=O)cc1)C(=O)O. The van der Waals surface area contributed by atoms with Gasteiger partial charge in [0.2, 0.25) is 5.91 Å². The molecule has 0 saturated carbocycles. The summed E-state index contributed by atoms with van der Waals surface area (Å²) in [5.74, 6) is -1.65. The van der Waals surface area contributed by atoms with Crippen LogP contribution in [0.4, 0.5) is 5.69 Å². The van der Waals surface area contributed by atoms with Gasteiger partial charge in [-0.15, -0.1) is 0 Å². The zero-order chi connectivity index (χ0) is 17.2. The molecule has 1 aromatic rings. The molecular weight excluding hydrogens is 296 g/mol. The second-order valence-corrected chi connectivity index (χ2v) is 5.47. The third kappa shape index (κ3) is 6.95. The molecule has 1 rings (SSSR count). The molecule has 0 saturated heterocycles. The third-order valence-electron chi connectivity index (χ3n) is 3.42. The number of carboxylic acids is 1. The van der Waals surface area contributed by atoms with Gasteiger partial charge in [-0.3, -0.25) is 9.59 Å². The number of aliphatic carboxylic acids is 1. The molecule has 0 aliphatic carbocycles. The average molecular weight is 320 g/mol. The zero-order valence-corrected chi connectivity index (χ0v) is 13.6. The lowest BCUT2D eigenvalue weighted by Crippen LogP contribution is -2.40. The highest BCUT2D eigenvalue weighted by atomic mass is 16.4. The largest absolute Gasteiger partial charge is 0.480 e. The van der Waals surface area contributed by atoms with Crippen molar-refractivity contribution in [2.75, 3.05) is 5.32 Å². The quantitative estimate of drug-likeness (QED) is 0.610. The lowest BCUT2D eigenvalue weighted by molar-refractivity contribution is -0.139. The van der Waals surface area contributed by atoms with E-state index in [0.717, 1.165) is 25.7 Å². The molecule has 1 aromatic carbocycles. The Balaban J connectivity index is 2.60. The summed E-state index contributed by atoms with van der Waals surface area (Å²) < 4.78 is 0. The summed E-state index contributed by atoms with van der Waals surface area (Å²) in [6, 6.07) is 5.43. The first-order valence-corrected chi connectivity index (χ1v) is 7.85. The minimum atomic E-state index is -1.02. The van der Waals surface area contributed by atoms with Crippen LogP contribution in [0.5, 0.6) is 0 Å². The van der Waals surface area contributed by atoms with E-state index in [0.29, 0.717) is 17.7 Å². The van der Waals surface area contributed by atoms with Crippen LogP contribution in [0.15, 0.2) is 24.3 Å². The van der Waals surface area contributed by atoms with Gasteiger partial charge in [0, 0.05) is 18.2 Å². The van der Waals surface area contributed by atoms with Crippen molar-refractivity contribution < 1.29 is 19.5 Å². The molecule has 0 spiro atoms. The fraction of sp³-hybridized carbons (Fsp3) is 0.471. The first-order valence-electron chi connectivity index (χ1n) is 7.85. The number of nitrogens with one attached hydrogen (secondary N) is 2. The number of carboxylic acid groups (broad SMARTS) is 1. The van der Waals surface area contributed by atoms with Crippen molar-refractivity contribution in [3.8, 4) is 0 Å². The Morgan fingerprint density at radius 1 is 1.09 bits per heavy atom. The molecule has 3 N–H and O–H groups in total. The maximum absolute atomic E-state index is 12.1. The third-order valence-corrected chi connectivity index (χ3v) is 3.42. The Kier molecular flexibility index (Phi) is 7.80. The fourth-order valence-electron chi connectivity index (χ4n) is 2.18. The summed E-state index contributed by atoms with van der Waals surface area (Å²) in [5.41, 5.74) is 0.947. The van der Waals surface area contributed by atoms with E-state index in [9.17, 15) is 19.5 Å². The molecule has 0 fully saturated rings. The highest BCUT2D eigenvalue weighted by Crippen LogP contribution is 2.11. The normalized spacial score (nSPS) is 11.6. The number of unbranched alkanes of at least 4 members (excludes halogenated alkanes) is 3. The second-order valence-electron chi connectivity index (χ2n) is 5.47. The zero-order valence-electron chi connectivity index (χ0n) is 13.6. The van der Waals surface area contributed by atoms with E-state index in [2.05, 4.69) is 17.6 Å². The smallest absolute Gasteiger partial charge is 0.326 e. The minimum Gasteiger partial charge on any atom is -0.480 e. The van der Waals surface area contributed by atoms with Gasteiger partial charge >= 0.3 is 5.97 Å². The van der Waals surface area contributed by atoms with Gasteiger partial charge in [-0.05, 0) is 30.7 Å². The first-order chi connectivity index (χ1) is 10.9. The number of carbonyl (C=O) groups is 3. The van der Waals surface area contributed by atoms with E-state index < -0.39 is 17.9 Å². The summed E-state index contributed by atoms with van der Waals surface area (Å²) in [6.45, 7) is 3.48. The summed E-state index contributed by atoms with van der Waals surface area (Å²) >= 11 is 0. The number of amides is 2. The van der Waals surface area contributed by atoms with E-state index in [1.807, 2.05) is 0 Å². The standard InChI is InChI=1S/C17H24N2O4/c1-3-4-5-6-7-15(17(22)23)19-16(21)13-8-10-14(11-9-13)18-12(2)20/h8-11,15H,3-7H2,1-2H3,(H,18,20)(H,19,21)(H,22,23)/t15-/m1/s1. The van der Waals surface area contributed by atoms with Crippen LogP contribution in [0.1, 0.15) is 56.3 Å². The van der Waals surface area contributed by atoms with Gasteiger partial charge < -0.3 is 15.7 Å². The van der Waals surface area contributed by atoms with Crippen molar-refractivity contribution >= 4 is 23.5 Å². The van der Waals surface area contributed by atoms with Gasteiger partial charge in [0.15, 0.2) is 0 Å². The van der Waals surface area contributed by atoms with Crippen molar-refractivity contribution in [3.63, 3.8) is 0 Å². The lowest BCUT2D eigenvalue weighted by atomic mass is 10.1. The number of benzene rings is 1. The van der Waals surface area contributed by atoms with Gasteiger partial charge in [-0.1, -0.05) is 32.6 Å². The maximum atomic E-state index is 12.1. The minimum absolute atomic E-state index is 0.194. The summed E-state index contributed by atoms with van der Waals surface area (Å²) in [7, 11) is 0. The van der Waals surface area contributed by atoms with Crippen molar-refractivity contribution in [3.05, 3.63) is 29.8 Å². The molecule has 0 aliphatic heterocycles. The fourth-order valence-corrected chi connectivity index (χ4v) is 2.18. The van der Waals surface area contributed by atoms with Crippen LogP contribution in [0.25, 0.3) is 0 Å². The Labute approximate surface area is 136 Å². The van der Waals surface area contributed by atoms with E-state index in [-0.39, 0.29) is 5.91 Å². The first kappa shape index (κ1) is 18.7. The molecule has 0 radical (unpaired) electrons. The maximum Gasteiger partial charge on any atom is 0.326 e. The number of hydrogen-bond donors (Lipinski definition) is 3. The van der Waals surface area contributed by atoms with E-state index in [1.165, 1.54) is 6.92 Å². The number of hydrogen-bond acceptors (Lipinski definition) is 3. The van der Waals surface area contributed by atoms with Crippen LogP contribution >= 0.6 is 0 Å². The molecule has 2 amide bonds. The highest BCUT2D eigenvalue weighted by Gasteiger charge is 2.20. The van der Waals surface area contributed by atoms with Crippen molar-refractivity contribution in [1.82, 2.24) is 5.32 Å². The van der Waals surface area contributed by atoms with Gasteiger partial charge in [0.05, 0.1) is 0 Å². The molecule has 0 aromatic heterocycles. The van der Waals surface area contributed by atoms with Crippen LogP contribution < -0.4 is 10.6 Å². The summed E-state index contributed by atoms with van der Waals surface area (Å²) in [6.07, 6.45) is 4.29. The molecule has 0 aliphatic rings. The second kappa shape index (κ2) is 9.61. The molecule has 0 unspecified atom stereocenters. The molecule has 6 nitrogen and oxygen atoms in total. The molecule has 6 heteroatoms. The van der Waals surface area contributed by atoms with Gasteiger partial charge in [0.1, 0.15) is 6.04 Å². The van der Waals surface area contributed by atoms with Gasteiger partial charge in [-0.25, -0.2) is 4.79 Å². The Bertz CT molecular complexity index is 540. The predicted molar refractivity (Wildman–Crippen MR) is 88.4 cm³/mol. The predicted octanol–water partition coefficient (Wildman–Crippen LogP) is 2.80. The molecular formula is C17H24N2O4. The Morgan fingerprint density at radius 3 is 2.26 bits per heavy atom.